The van der Waals surface area contributed by atoms with Gasteiger partial charge in [-0.25, -0.2) is 0 Å². The molecule has 1 unspecified atom stereocenters. The molecule has 10 heteroatoms. The Labute approximate surface area is 311 Å². The van der Waals surface area contributed by atoms with Crippen LogP contribution in [-0.2, 0) is 34.5 Å². The molecule has 1 aromatic rings. The van der Waals surface area contributed by atoms with Crippen molar-refractivity contribution < 1.29 is 31.3 Å². The lowest BCUT2D eigenvalue weighted by Crippen LogP contribution is -2.43. The van der Waals surface area contributed by atoms with Crippen LogP contribution in [0.1, 0.15) is 126 Å². The van der Waals surface area contributed by atoms with Crippen LogP contribution >= 0.6 is 0 Å². The molecule has 0 radical (unpaired) electrons. The van der Waals surface area contributed by atoms with E-state index < -0.39 is 38.5 Å². The second-order valence-electron chi connectivity index (χ2n) is 18.7. The van der Waals surface area contributed by atoms with Gasteiger partial charge in [0.1, 0.15) is 6.10 Å². The predicted molar refractivity (Wildman–Crippen MR) is 216 cm³/mol. The molecule has 6 atom stereocenters. The maximum atomic E-state index is 12.3. The normalized spacial score (nSPS) is 17.9. The minimum Gasteiger partial charge on any atom is -0.417 e. The largest absolute Gasteiger partial charge is 0.417 e. The first-order valence-corrected chi connectivity index (χ1v) is 26.8. The molecule has 1 aromatic carbocycles. The molecule has 1 N–H and O–H groups in total. The lowest BCUT2D eigenvalue weighted by atomic mass is 9.85. The zero-order chi connectivity index (χ0) is 38.6. The monoisotopic (exact) mass is 759 g/mol. The average molecular weight is 759 g/mol. The van der Waals surface area contributed by atoms with Gasteiger partial charge in [0.2, 0.25) is 0 Å². The first kappa shape index (κ1) is 47.4. The fraction of sp³-hybridized carbons (Fsp3) is 0.850. The molecule has 0 aliphatic heterocycles. The molecule has 0 bridgehead atoms. The van der Waals surface area contributed by atoms with E-state index in [1.807, 2.05) is 18.2 Å². The molecule has 50 heavy (non-hydrogen) atoms. The van der Waals surface area contributed by atoms with Crippen molar-refractivity contribution >= 4 is 26.8 Å². The number of rotatable bonds is 24. The van der Waals surface area contributed by atoms with E-state index in [0.717, 1.165) is 57.0 Å². The second-order valence-corrected chi connectivity index (χ2v) is 29.9. The highest BCUT2D eigenvalue weighted by atomic mass is 32.2. The molecule has 0 aromatic heterocycles. The summed E-state index contributed by atoms with van der Waals surface area (Å²) in [4.78, 5) is 0. The van der Waals surface area contributed by atoms with E-state index >= 15 is 0 Å². The Morgan fingerprint density at radius 2 is 1.28 bits per heavy atom. The van der Waals surface area contributed by atoms with E-state index in [4.69, 9.17) is 17.8 Å². The van der Waals surface area contributed by atoms with Gasteiger partial charge in [0.05, 0.1) is 24.6 Å². The van der Waals surface area contributed by atoms with E-state index in [0.29, 0.717) is 43.8 Å². The minimum absolute atomic E-state index is 0.0782. The van der Waals surface area contributed by atoms with Gasteiger partial charge < -0.3 is 18.7 Å². The highest BCUT2D eigenvalue weighted by Gasteiger charge is 2.39. The standard InChI is InChI=1S/C40H78O7SSi2/c1-32(23-25-36(44-31-35-21-17-16-18-22-35)34(3)27-29-45-49(12,13)38(4,5)6)24-26-37(47-48(11,42)43)40(10,41)28-19-20-33(2)30-46-50(14,15)39(7,8)9/h16-18,21-22,32-34,36-37,41H,19-20,23-31H2,1-15H3/t32-,33+,34+,36?,37-,40-/m0/s1. The predicted octanol–water partition coefficient (Wildman–Crippen LogP) is 10.7. The van der Waals surface area contributed by atoms with Crippen LogP contribution in [0.5, 0.6) is 0 Å². The van der Waals surface area contributed by atoms with Crippen molar-refractivity contribution in [2.45, 2.75) is 181 Å². The number of ether oxygens (including phenoxy) is 1. The summed E-state index contributed by atoms with van der Waals surface area (Å²) in [6, 6.07) is 10.3. The third-order valence-corrected chi connectivity index (χ3v) is 21.2. The molecule has 1 rings (SSSR count). The van der Waals surface area contributed by atoms with Gasteiger partial charge in [-0.05, 0) is 111 Å². The van der Waals surface area contributed by atoms with Crippen molar-refractivity contribution in [3.05, 3.63) is 35.9 Å². The molecule has 0 amide bonds. The summed E-state index contributed by atoms with van der Waals surface area (Å²) in [5.41, 5.74) is -0.0983. The van der Waals surface area contributed by atoms with Crippen molar-refractivity contribution in [1.29, 1.82) is 0 Å². The van der Waals surface area contributed by atoms with E-state index in [1.54, 1.807) is 6.92 Å². The summed E-state index contributed by atoms with van der Waals surface area (Å²) >= 11 is 0. The summed E-state index contributed by atoms with van der Waals surface area (Å²) in [5.74, 6) is 0.988. The van der Waals surface area contributed by atoms with Gasteiger partial charge in [0.15, 0.2) is 16.6 Å². The molecule has 294 valence electrons. The molecule has 0 heterocycles. The van der Waals surface area contributed by atoms with E-state index in [2.05, 4.69) is 101 Å². The summed E-state index contributed by atoms with van der Waals surface area (Å²) < 4.78 is 49.6. The molecule has 0 aliphatic rings. The third-order valence-electron chi connectivity index (χ3n) is 11.5. The van der Waals surface area contributed by atoms with Crippen LogP contribution in [0.3, 0.4) is 0 Å². The summed E-state index contributed by atoms with van der Waals surface area (Å²) in [7, 11) is -7.38. The van der Waals surface area contributed by atoms with Gasteiger partial charge >= 0.3 is 0 Å². The third kappa shape index (κ3) is 18.0. The molecular weight excluding hydrogens is 681 g/mol. The Morgan fingerprint density at radius 3 is 1.82 bits per heavy atom. The fourth-order valence-corrected chi connectivity index (χ4v) is 8.46. The average Bonchev–Trinajstić information content (AvgIpc) is 2.96. The first-order valence-electron chi connectivity index (χ1n) is 19.2. The Balaban J connectivity index is 2.82. The highest BCUT2D eigenvalue weighted by Crippen LogP contribution is 2.38. The fourth-order valence-electron chi connectivity index (χ4n) is 5.53. The molecule has 0 fully saturated rings. The molecule has 0 saturated heterocycles. The Bertz CT molecular complexity index is 1190. The Morgan fingerprint density at radius 1 is 0.740 bits per heavy atom. The van der Waals surface area contributed by atoms with Crippen molar-refractivity contribution in [1.82, 2.24) is 0 Å². The van der Waals surface area contributed by atoms with Gasteiger partial charge in [-0.1, -0.05) is 99.1 Å². The first-order chi connectivity index (χ1) is 22.7. The van der Waals surface area contributed by atoms with Crippen LogP contribution in [0, 0.1) is 17.8 Å². The van der Waals surface area contributed by atoms with Crippen molar-refractivity contribution in [2.75, 3.05) is 19.5 Å². The van der Waals surface area contributed by atoms with Crippen LogP contribution < -0.4 is 0 Å². The minimum atomic E-state index is -3.74. The summed E-state index contributed by atoms with van der Waals surface area (Å²) in [6.07, 6.45) is 6.49. The van der Waals surface area contributed by atoms with Gasteiger partial charge in [-0.15, -0.1) is 0 Å². The lowest BCUT2D eigenvalue weighted by Gasteiger charge is -2.37. The van der Waals surface area contributed by atoms with Crippen molar-refractivity contribution in [3.8, 4) is 0 Å². The van der Waals surface area contributed by atoms with Gasteiger partial charge in [0.25, 0.3) is 10.1 Å². The maximum Gasteiger partial charge on any atom is 0.264 e. The topological polar surface area (TPSA) is 91.3 Å². The molecule has 0 aliphatic carbocycles. The van der Waals surface area contributed by atoms with Gasteiger partial charge in [-0.3, -0.25) is 4.18 Å². The van der Waals surface area contributed by atoms with E-state index in [9.17, 15) is 13.5 Å². The molecule has 7 nitrogen and oxygen atoms in total. The number of benzene rings is 1. The zero-order valence-electron chi connectivity index (χ0n) is 34.9. The van der Waals surface area contributed by atoms with Crippen molar-refractivity contribution in [2.24, 2.45) is 17.8 Å². The Hall–Kier alpha value is -0.596. The highest BCUT2D eigenvalue weighted by molar-refractivity contribution is 7.86. The summed E-state index contributed by atoms with van der Waals surface area (Å²) in [6.45, 7) is 33.1. The van der Waals surface area contributed by atoms with Crippen LogP contribution in [0.2, 0.25) is 36.3 Å². The quantitative estimate of drug-likeness (QED) is 0.0829. The van der Waals surface area contributed by atoms with Gasteiger partial charge in [-0.2, -0.15) is 8.42 Å². The molecule has 0 saturated carbocycles. The summed E-state index contributed by atoms with van der Waals surface area (Å²) in [5, 5.41) is 11.9. The molecule has 0 spiro atoms. The Kier molecular flexibility index (Phi) is 19.1. The van der Waals surface area contributed by atoms with Crippen molar-refractivity contribution in [3.63, 3.8) is 0 Å². The van der Waals surface area contributed by atoms with E-state index in [1.165, 1.54) is 0 Å². The second kappa shape index (κ2) is 20.2. The molecular formula is C40H78O7SSi2. The van der Waals surface area contributed by atoms with Crippen LogP contribution in [0.25, 0.3) is 0 Å². The lowest BCUT2D eigenvalue weighted by molar-refractivity contribution is -0.0585. The number of aliphatic hydroxyl groups is 1. The van der Waals surface area contributed by atoms with Gasteiger partial charge in [0, 0.05) is 13.2 Å². The number of hydrogen-bond acceptors (Lipinski definition) is 7. The smallest absolute Gasteiger partial charge is 0.264 e. The SMILES string of the molecule is C[C@@H](CCC(OCc1ccccc1)[C@H](C)CCO[Si](C)(C)C(C)(C)C)CC[C@H](OS(C)(=O)=O)[C@@](C)(O)CCC[C@@H](C)CO[Si](C)(C)C(C)(C)C. The van der Waals surface area contributed by atoms with Crippen LogP contribution in [-0.4, -0.2) is 67.4 Å². The van der Waals surface area contributed by atoms with Crippen LogP contribution in [0.4, 0.5) is 0 Å². The van der Waals surface area contributed by atoms with E-state index in [-0.39, 0.29) is 16.2 Å². The zero-order valence-corrected chi connectivity index (χ0v) is 37.7. The number of hydrogen-bond donors (Lipinski definition) is 1. The van der Waals surface area contributed by atoms with Crippen LogP contribution in [0.15, 0.2) is 30.3 Å². The maximum absolute atomic E-state index is 12.3.